The van der Waals surface area contributed by atoms with Gasteiger partial charge in [-0.2, -0.15) is 0 Å². The van der Waals surface area contributed by atoms with E-state index >= 15 is 0 Å². The lowest BCUT2D eigenvalue weighted by molar-refractivity contribution is -0.485. The molecule has 0 radical (unpaired) electrons. The van der Waals surface area contributed by atoms with Gasteiger partial charge in [0, 0.05) is 0 Å². The van der Waals surface area contributed by atoms with Gasteiger partial charge in [0.05, 0.1) is 13.3 Å². The van der Waals surface area contributed by atoms with Gasteiger partial charge in [0.1, 0.15) is 5.10 Å². The van der Waals surface area contributed by atoms with Gasteiger partial charge in [-0.15, -0.1) is 0 Å². The van der Waals surface area contributed by atoms with Crippen LogP contribution in [0.1, 0.15) is 0 Å². The van der Waals surface area contributed by atoms with Gasteiger partial charge in [0.2, 0.25) is 0 Å². The monoisotopic (exact) mass is 159 g/mol. The normalized spacial score (nSPS) is 18.5. The summed E-state index contributed by atoms with van der Waals surface area (Å²) in [7, 11) is 1.88. The van der Waals surface area contributed by atoms with Gasteiger partial charge in [0.15, 0.2) is 5.03 Å². The van der Waals surface area contributed by atoms with Crippen LogP contribution in [0.2, 0.25) is 0 Å². The molecule has 7 nitrogen and oxygen atoms in total. The summed E-state index contributed by atoms with van der Waals surface area (Å²) < 4.78 is 0. The van der Waals surface area contributed by atoms with Crippen molar-refractivity contribution in [3.8, 4) is 0 Å². The number of nitrogens with zero attached hydrogens (tertiary/aromatic N) is 3. The SMILES string of the molecule is CN1CNC(=N[N+](=O)[O-])NC1. The molecule has 0 spiro atoms. The van der Waals surface area contributed by atoms with Crippen LogP contribution in [0.15, 0.2) is 5.10 Å². The summed E-state index contributed by atoms with van der Waals surface area (Å²) in [5.74, 6) is 0.216. The van der Waals surface area contributed by atoms with E-state index in [0.717, 1.165) is 0 Å². The van der Waals surface area contributed by atoms with Crippen LogP contribution in [0, 0.1) is 10.1 Å². The van der Waals surface area contributed by atoms with Crippen LogP contribution in [0.4, 0.5) is 0 Å². The van der Waals surface area contributed by atoms with Crippen LogP contribution in [0.5, 0.6) is 0 Å². The van der Waals surface area contributed by atoms with Gasteiger partial charge >= 0.3 is 0 Å². The van der Waals surface area contributed by atoms with Crippen LogP contribution < -0.4 is 10.6 Å². The van der Waals surface area contributed by atoms with Gasteiger partial charge in [-0.3, -0.25) is 4.90 Å². The molecule has 0 aromatic carbocycles. The van der Waals surface area contributed by atoms with E-state index in [9.17, 15) is 10.1 Å². The van der Waals surface area contributed by atoms with Crippen molar-refractivity contribution in [3.05, 3.63) is 10.1 Å². The molecule has 1 saturated heterocycles. The fourth-order valence-corrected chi connectivity index (χ4v) is 0.690. The highest BCUT2D eigenvalue weighted by Crippen LogP contribution is 1.83. The largest absolute Gasteiger partial charge is 0.338 e. The molecular formula is C4H9N5O2. The summed E-state index contributed by atoms with van der Waals surface area (Å²) in [5.41, 5.74) is 0. The maximum Gasteiger partial charge on any atom is 0.270 e. The summed E-state index contributed by atoms with van der Waals surface area (Å²) in [4.78, 5) is 11.8. The minimum Gasteiger partial charge on any atom is -0.338 e. The van der Waals surface area contributed by atoms with E-state index in [0.29, 0.717) is 13.3 Å². The van der Waals surface area contributed by atoms with Crippen LogP contribution in [-0.4, -0.2) is 36.3 Å². The molecule has 0 aromatic rings. The first kappa shape index (κ1) is 7.73. The topological polar surface area (TPSA) is 82.8 Å². The first-order valence-electron chi connectivity index (χ1n) is 3.08. The zero-order chi connectivity index (χ0) is 8.27. The van der Waals surface area contributed by atoms with Crippen LogP contribution in [0.25, 0.3) is 0 Å². The Morgan fingerprint density at radius 3 is 2.64 bits per heavy atom. The van der Waals surface area contributed by atoms with E-state index in [1.807, 2.05) is 11.9 Å². The minimum atomic E-state index is -0.735. The molecule has 0 aromatic heterocycles. The zero-order valence-electron chi connectivity index (χ0n) is 6.07. The molecule has 0 saturated carbocycles. The molecule has 0 unspecified atom stereocenters. The molecule has 0 bridgehead atoms. The molecule has 0 atom stereocenters. The van der Waals surface area contributed by atoms with E-state index in [1.165, 1.54) is 0 Å². The van der Waals surface area contributed by atoms with Crippen LogP contribution in [-0.2, 0) is 0 Å². The highest BCUT2D eigenvalue weighted by atomic mass is 16.7. The van der Waals surface area contributed by atoms with Gasteiger partial charge in [-0.05, 0) is 7.05 Å². The summed E-state index contributed by atoms with van der Waals surface area (Å²) in [6.07, 6.45) is 0. The minimum absolute atomic E-state index is 0.216. The molecule has 1 rings (SSSR count). The molecule has 11 heavy (non-hydrogen) atoms. The smallest absolute Gasteiger partial charge is 0.270 e. The van der Waals surface area contributed by atoms with Crippen molar-refractivity contribution in [1.82, 2.24) is 15.5 Å². The van der Waals surface area contributed by atoms with E-state index < -0.39 is 5.03 Å². The first-order chi connectivity index (χ1) is 5.18. The van der Waals surface area contributed by atoms with Gasteiger partial charge < -0.3 is 10.6 Å². The number of rotatable bonds is 1. The third kappa shape index (κ3) is 2.38. The molecule has 1 fully saturated rings. The number of hydrogen-bond donors (Lipinski definition) is 2. The quantitative estimate of drug-likeness (QED) is 0.362. The summed E-state index contributed by atoms with van der Waals surface area (Å²) in [5, 5.41) is 17.6. The third-order valence-electron chi connectivity index (χ3n) is 1.21. The van der Waals surface area contributed by atoms with Gasteiger partial charge in [-0.1, -0.05) is 0 Å². The zero-order valence-corrected chi connectivity index (χ0v) is 6.07. The van der Waals surface area contributed by atoms with Crippen LogP contribution in [0.3, 0.4) is 0 Å². The summed E-state index contributed by atoms with van der Waals surface area (Å²) in [6, 6.07) is 0. The fourth-order valence-electron chi connectivity index (χ4n) is 0.690. The number of nitrogens with one attached hydrogen (secondary N) is 2. The fraction of sp³-hybridized carbons (Fsp3) is 0.750. The molecule has 0 aliphatic carbocycles. The predicted octanol–water partition coefficient (Wildman–Crippen LogP) is -1.43. The van der Waals surface area contributed by atoms with Crippen molar-refractivity contribution in [1.29, 1.82) is 0 Å². The Kier molecular flexibility index (Phi) is 2.21. The van der Waals surface area contributed by atoms with Crippen molar-refractivity contribution in [2.75, 3.05) is 20.4 Å². The number of nitro groups is 1. The highest BCUT2D eigenvalue weighted by Gasteiger charge is 2.11. The lowest BCUT2D eigenvalue weighted by atomic mass is 10.7. The molecule has 1 aliphatic heterocycles. The van der Waals surface area contributed by atoms with Crippen molar-refractivity contribution in [3.63, 3.8) is 0 Å². The Hall–Kier alpha value is -1.37. The first-order valence-corrected chi connectivity index (χ1v) is 3.08. The maximum atomic E-state index is 9.87. The average Bonchev–Trinajstić information content (AvgIpc) is 1.93. The third-order valence-corrected chi connectivity index (χ3v) is 1.21. The highest BCUT2D eigenvalue weighted by molar-refractivity contribution is 5.79. The molecule has 1 heterocycles. The predicted molar refractivity (Wildman–Crippen MR) is 38.2 cm³/mol. The number of hydrogen-bond acceptors (Lipinski definition) is 3. The number of guanidine groups is 1. The molecule has 62 valence electrons. The lowest BCUT2D eigenvalue weighted by Gasteiger charge is -2.24. The second-order valence-corrected chi connectivity index (χ2v) is 2.21. The van der Waals surface area contributed by atoms with Crippen LogP contribution >= 0.6 is 0 Å². The summed E-state index contributed by atoms with van der Waals surface area (Å²) >= 11 is 0. The van der Waals surface area contributed by atoms with E-state index in [1.54, 1.807) is 0 Å². The maximum absolute atomic E-state index is 9.87. The lowest BCUT2D eigenvalue weighted by Crippen LogP contribution is -2.53. The van der Waals surface area contributed by atoms with Gasteiger partial charge in [-0.25, -0.2) is 10.1 Å². The van der Waals surface area contributed by atoms with Crippen molar-refractivity contribution < 1.29 is 5.03 Å². The number of hydrazone groups is 1. The molecule has 1 aliphatic rings. The van der Waals surface area contributed by atoms with Crippen molar-refractivity contribution in [2.24, 2.45) is 5.10 Å². The molecule has 7 heteroatoms. The van der Waals surface area contributed by atoms with Crippen molar-refractivity contribution >= 4 is 5.96 Å². The molecule has 0 amide bonds. The van der Waals surface area contributed by atoms with Gasteiger partial charge in [0.25, 0.3) is 5.96 Å². The Morgan fingerprint density at radius 1 is 1.64 bits per heavy atom. The van der Waals surface area contributed by atoms with Crippen molar-refractivity contribution in [2.45, 2.75) is 0 Å². The molecular weight excluding hydrogens is 150 g/mol. The van der Waals surface area contributed by atoms with E-state index in [4.69, 9.17) is 0 Å². The Balaban J connectivity index is 2.45. The Morgan fingerprint density at radius 2 is 2.18 bits per heavy atom. The standard InChI is InChI=1S/C4H9N5O2/c1-8-2-5-4(6-3-8)7-9(10)11/h2-3H2,1H3,(H2,5,6,7). The Labute approximate surface area is 63.2 Å². The second-order valence-electron chi connectivity index (χ2n) is 2.21. The second kappa shape index (κ2) is 3.15. The average molecular weight is 159 g/mol. The molecule has 2 N–H and O–H groups in total. The Bertz CT molecular complexity index is 181. The van der Waals surface area contributed by atoms with E-state index in [-0.39, 0.29) is 5.96 Å². The summed E-state index contributed by atoms with van der Waals surface area (Å²) in [6.45, 7) is 1.14. The van der Waals surface area contributed by atoms with E-state index in [2.05, 4.69) is 15.7 Å².